The second-order valence-corrected chi connectivity index (χ2v) is 5.90. The Bertz CT molecular complexity index is 552. The summed E-state index contributed by atoms with van der Waals surface area (Å²) in [5.41, 5.74) is 0. The molecule has 5 atom stereocenters. The van der Waals surface area contributed by atoms with E-state index >= 15 is 0 Å². The molecular weight excluding hydrogens is 272 g/mol. The molecule has 6 nitrogen and oxygen atoms in total. The smallest absolute Gasteiger partial charge is 0.266 e. The molecule has 0 saturated carbocycles. The molecule has 0 spiro atoms. The Hall–Kier alpha value is -1.63. The van der Waals surface area contributed by atoms with Gasteiger partial charge in [-0.05, 0) is 18.6 Å². The molecule has 4 rings (SSSR count). The number of aliphatic hydroxyl groups excluding tert-OH is 1. The summed E-state index contributed by atoms with van der Waals surface area (Å²) in [5.74, 6) is 0.586. The lowest BCUT2D eigenvalue weighted by molar-refractivity contribution is -0.214. The molecule has 112 valence electrons. The number of nitrogens with zero attached hydrogens (tertiary/aromatic N) is 2. The van der Waals surface area contributed by atoms with E-state index in [9.17, 15) is 9.90 Å². The summed E-state index contributed by atoms with van der Waals surface area (Å²) in [4.78, 5) is 19.6. The Morgan fingerprint density at radius 2 is 2.10 bits per heavy atom. The van der Waals surface area contributed by atoms with E-state index in [4.69, 9.17) is 9.57 Å². The van der Waals surface area contributed by atoms with Gasteiger partial charge in [0, 0.05) is 13.6 Å². The summed E-state index contributed by atoms with van der Waals surface area (Å²) in [6, 6.07) is 8.89. The van der Waals surface area contributed by atoms with Crippen LogP contribution in [0, 0.1) is 0 Å². The largest absolute Gasteiger partial charge is 0.478 e. The van der Waals surface area contributed by atoms with Crippen LogP contribution in [0.2, 0.25) is 0 Å². The van der Waals surface area contributed by atoms with E-state index in [0.717, 1.165) is 6.42 Å². The highest BCUT2D eigenvalue weighted by atomic mass is 16.7. The van der Waals surface area contributed by atoms with Crippen LogP contribution in [-0.4, -0.2) is 65.0 Å². The number of β-lactam (4-membered cyclic amide) rings is 1. The van der Waals surface area contributed by atoms with Crippen molar-refractivity contribution in [2.75, 3.05) is 13.6 Å². The van der Waals surface area contributed by atoms with E-state index in [-0.39, 0.29) is 24.1 Å². The van der Waals surface area contributed by atoms with Crippen molar-refractivity contribution in [3.05, 3.63) is 30.3 Å². The molecule has 0 aromatic heterocycles. The first-order chi connectivity index (χ1) is 10.1. The number of benzene rings is 1. The second-order valence-electron chi connectivity index (χ2n) is 5.90. The normalized spacial score (nSPS) is 38.7. The maximum absolute atomic E-state index is 12.3. The van der Waals surface area contributed by atoms with Crippen LogP contribution in [0.5, 0.6) is 5.75 Å². The summed E-state index contributed by atoms with van der Waals surface area (Å²) in [7, 11) is 1.83. The molecule has 3 aliphatic rings. The Labute approximate surface area is 122 Å². The van der Waals surface area contributed by atoms with E-state index in [0.29, 0.717) is 12.3 Å². The number of hydrogen-bond acceptors (Lipinski definition) is 5. The molecule has 1 N–H and O–H groups in total. The molecular formula is C15H18N2O4. The minimum Gasteiger partial charge on any atom is -0.478 e. The third kappa shape index (κ3) is 1.94. The molecule has 2 bridgehead atoms. The predicted molar refractivity (Wildman–Crippen MR) is 73.4 cm³/mol. The maximum Gasteiger partial charge on any atom is 0.266 e. The molecule has 0 unspecified atom stereocenters. The van der Waals surface area contributed by atoms with E-state index in [1.807, 2.05) is 37.4 Å². The van der Waals surface area contributed by atoms with Gasteiger partial charge >= 0.3 is 0 Å². The van der Waals surface area contributed by atoms with Crippen LogP contribution in [0.15, 0.2) is 30.3 Å². The Balaban J connectivity index is 1.56. The maximum atomic E-state index is 12.3. The van der Waals surface area contributed by atoms with Crippen molar-refractivity contribution in [2.45, 2.75) is 36.8 Å². The molecule has 0 radical (unpaired) electrons. The van der Waals surface area contributed by atoms with Crippen molar-refractivity contribution >= 4 is 5.91 Å². The minimum atomic E-state index is -0.658. The van der Waals surface area contributed by atoms with Crippen LogP contribution in [-0.2, 0) is 9.63 Å². The van der Waals surface area contributed by atoms with Gasteiger partial charge in [0.25, 0.3) is 5.91 Å². The highest BCUT2D eigenvalue weighted by Crippen LogP contribution is 2.37. The number of carbonyl (C=O) groups is 1. The second kappa shape index (κ2) is 4.69. The lowest BCUT2D eigenvalue weighted by atomic mass is 9.89. The summed E-state index contributed by atoms with van der Waals surface area (Å²) < 4.78 is 5.79. The molecule has 1 amide bonds. The van der Waals surface area contributed by atoms with E-state index < -0.39 is 12.2 Å². The fraction of sp³-hybridized carbons (Fsp3) is 0.533. The van der Waals surface area contributed by atoms with Gasteiger partial charge in [-0.1, -0.05) is 18.2 Å². The first kappa shape index (κ1) is 13.1. The topological polar surface area (TPSA) is 62.2 Å². The zero-order valence-corrected chi connectivity index (χ0v) is 11.8. The van der Waals surface area contributed by atoms with Gasteiger partial charge in [0.05, 0.1) is 18.2 Å². The number of fused-ring (bicyclic) bond motifs is 3. The molecule has 0 aliphatic carbocycles. The Kier molecular flexibility index (Phi) is 2.92. The van der Waals surface area contributed by atoms with Gasteiger partial charge in [-0.15, -0.1) is 0 Å². The van der Waals surface area contributed by atoms with Crippen molar-refractivity contribution in [3.8, 4) is 5.75 Å². The number of ether oxygens (including phenoxy) is 1. The monoisotopic (exact) mass is 290 g/mol. The van der Waals surface area contributed by atoms with Crippen LogP contribution < -0.4 is 4.74 Å². The third-order valence-electron chi connectivity index (χ3n) is 4.63. The third-order valence-corrected chi connectivity index (χ3v) is 4.63. The SMILES string of the molecule is CN1O[C@@H]2C[C@H]1[C@@H](O)[C@H]1[C@@H](Oc3ccccc3)C(=O)N1C2. The van der Waals surface area contributed by atoms with Gasteiger partial charge < -0.3 is 14.7 Å². The fourth-order valence-corrected chi connectivity index (χ4v) is 3.56. The van der Waals surface area contributed by atoms with Gasteiger partial charge in [-0.2, -0.15) is 5.06 Å². The molecule has 1 aromatic carbocycles. The van der Waals surface area contributed by atoms with Crippen LogP contribution in [0.3, 0.4) is 0 Å². The lowest BCUT2D eigenvalue weighted by Gasteiger charge is -2.49. The Morgan fingerprint density at radius 3 is 2.86 bits per heavy atom. The van der Waals surface area contributed by atoms with Crippen molar-refractivity contribution in [3.63, 3.8) is 0 Å². The van der Waals surface area contributed by atoms with Crippen molar-refractivity contribution < 1.29 is 19.5 Å². The molecule has 1 aromatic rings. The van der Waals surface area contributed by atoms with E-state index in [1.165, 1.54) is 0 Å². The number of carbonyl (C=O) groups excluding carboxylic acids is 1. The average molecular weight is 290 g/mol. The van der Waals surface area contributed by atoms with E-state index in [2.05, 4.69) is 0 Å². The lowest BCUT2D eigenvalue weighted by Crippen LogP contribution is -2.73. The number of rotatable bonds is 2. The van der Waals surface area contributed by atoms with Crippen molar-refractivity contribution in [1.29, 1.82) is 0 Å². The van der Waals surface area contributed by atoms with Crippen LogP contribution in [0.1, 0.15) is 6.42 Å². The van der Waals surface area contributed by atoms with Crippen LogP contribution in [0.4, 0.5) is 0 Å². The summed E-state index contributed by atoms with van der Waals surface area (Å²) in [6.45, 7) is 0.524. The zero-order valence-electron chi connectivity index (χ0n) is 11.8. The van der Waals surface area contributed by atoms with Gasteiger partial charge in [0.2, 0.25) is 0 Å². The van der Waals surface area contributed by atoms with Crippen molar-refractivity contribution in [2.24, 2.45) is 0 Å². The number of hydrogen-bond donors (Lipinski definition) is 1. The molecule has 21 heavy (non-hydrogen) atoms. The average Bonchev–Trinajstić information content (AvgIpc) is 2.80. The molecule has 3 aliphatic heterocycles. The first-order valence-electron chi connectivity index (χ1n) is 7.25. The molecule has 6 heteroatoms. The van der Waals surface area contributed by atoms with Gasteiger partial charge in [-0.3, -0.25) is 9.63 Å². The highest BCUT2D eigenvalue weighted by Gasteiger charge is 2.59. The predicted octanol–water partition coefficient (Wildman–Crippen LogP) is 0.0236. The van der Waals surface area contributed by atoms with E-state index in [1.54, 1.807) is 9.96 Å². The molecule has 3 saturated heterocycles. The summed E-state index contributed by atoms with van der Waals surface area (Å²) in [6.07, 6.45) is -0.541. The quantitative estimate of drug-likeness (QED) is 0.778. The Morgan fingerprint density at radius 1 is 1.33 bits per heavy atom. The summed E-state index contributed by atoms with van der Waals surface area (Å²) >= 11 is 0. The summed E-state index contributed by atoms with van der Waals surface area (Å²) in [5, 5.41) is 12.3. The highest BCUT2D eigenvalue weighted by molar-refractivity contribution is 5.89. The van der Waals surface area contributed by atoms with Gasteiger partial charge in [-0.25, -0.2) is 0 Å². The zero-order chi connectivity index (χ0) is 14.6. The number of likely N-dealkylation sites (N-methyl/N-ethyl adjacent to an activating group) is 1. The molecule has 3 fully saturated rings. The van der Waals surface area contributed by atoms with Crippen LogP contribution in [0.25, 0.3) is 0 Å². The minimum absolute atomic E-state index is 0.0266. The standard InChI is InChI=1S/C15H18N2O4/c1-16-11-7-10(21-16)8-17-12(13(11)18)14(15(17)19)20-9-5-3-2-4-6-9/h2-6,10-14,18H,7-8H2,1H3/t10-,11+,12+,13-,14-/m1/s1. The molecule has 3 heterocycles. The number of aliphatic hydroxyl groups is 1. The number of para-hydroxylation sites is 1. The fourth-order valence-electron chi connectivity index (χ4n) is 3.56. The number of hydroxylamine groups is 2. The van der Waals surface area contributed by atoms with Gasteiger partial charge in [0.1, 0.15) is 11.8 Å². The first-order valence-corrected chi connectivity index (χ1v) is 7.25. The van der Waals surface area contributed by atoms with Crippen molar-refractivity contribution in [1.82, 2.24) is 9.96 Å². The number of amides is 1. The van der Waals surface area contributed by atoms with Gasteiger partial charge in [0.15, 0.2) is 6.10 Å². The van der Waals surface area contributed by atoms with Crippen LogP contribution >= 0.6 is 0 Å².